The second-order valence-corrected chi connectivity index (χ2v) is 4.17. The maximum atomic E-state index is 8.65. The Kier molecular flexibility index (Phi) is 4.19. The average molecular weight is 221 g/mol. The van der Waals surface area contributed by atoms with Crippen LogP contribution in [0, 0.1) is 0 Å². The Morgan fingerprint density at radius 2 is 1.88 bits per heavy atom. The number of rotatable bonds is 4. The molecule has 0 saturated carbocycles. The predicted molar refractivity (Wildman–Crippen MR) is 63.9 cm³/mol. The highest BCUT2D eigenvalue weighted by Gasteiger charge is 2.14. The second-order valence-electron chi connectivity index (χ2n) is 4.17. The average Bonchev–Trinajstić information content (AvgIpc) is 2.38. The lowest BCUT2D eigenvalue weighted by atomic mass is 9.90. The zero-order valence-corrected chi connectivity index (χ0v) is 9.48. The van der Waals surface area contributed by atoms with Gasteiger partial charge in [0.05, 0.1) is 6.61 Å². The van der Waals surface area contributed by atoms with Crippen LogP contribution in [0.3, 0.4) is 0 Å². The Bertz CT molecular complexity index is 304. The summed E-state index contributed by atoms with van der Waals surface area (Å²) in [5, 5.41) is 12.0. The standard InChI is InChI=1S/C13H19NO2/c15-9-10-16-13-3-1-11(2-4-13)12-5-7-14-8-6-12/h1-4,12,14-15H,5-10H2. The van der Waals surface area contributed by atoms with E-state index >= 15 is 0 Å². The molecule has 3 nitrogen and oxygen atoms in total. The van der Waals surface area contributed by atoms with Crippen molar-refractivity contribution in [2.75, 3.05) is 26.3 Å². The number of ether oxygens (including phenoxy) is 1. The number of piperidine rings is 1. The second kappa shape index (κ2) is 5.87. The summed E-state index contributed by atoms with van der Waals surface area (Å²) in [5.74, 6) is 1.53. The highest BCUT2D eigenvalue weighted by molar-refractivity contribution is 5.29. The molecule has 1 saturated heterocycles. The molecule has 88 valence electrons. The van der Waals surface area contributed by atoms with Crippen LogP contribution in [0.15, 0.2) is 24.3 Å². The van der Waals surface area contributed by atoms with Crippen molar-refractivity contribution in [3.8, 4) is 5.75 Å². The third-order valence-corrected chi connectivity index (χ3v) is 3.05. The molecule has 1 fully saturated rings. The van der Waals surface area contributed by atoms with Gasteiger partial charge in [-0.25, -0.2) is 0 Å². The van der Waals surface area contributed by atoms with E-state index in [1.54, 1.807) is 0 Å². The van der Waals surface area contributed by atoms with Gasteiger partial charge in [-0.2, -0.15) is 0 Å². The van der Waals surface area contributed by atoms with Crippen LogP contribution in [0.4, 0.5) is 0 Å². The first-order chi connectivity index (χ1) is 7.90. The van der Waals surface area contributed by atoms with Crippen LogP contribution in [0.25, 0.3) is 0 Å². The minimum Gasteiger partial charge on any atom is -0.491 e. The van der Waals surface area contributed by atoms with E-state index < -0.39 is 0 Å². The normalized spacial score (nSPS) is 17.3. The minimum atomic E-state index is 0.0655. The molecule has 3 heteroatoms. The van der Waals surface area contributed by atoms with Gasteiger partial charge in [0.1, 0.15) is 12.4 Å². The molecule has 1 heterocycles. The van der Waals surface area contributed by atoms with Gasteiger partial charge in [0.15, 0.2) is 0 Å². The van der Waals surface area contributed by atoms with E-state index in [0.717, 1.165) is 18.8 Å². The molecule has 1 aliphatic rings. The molecule has 16 heavy (non-hydrogen) atoms. The quantitative estimate of drug-likeness (QED) is 0.810. The van der Waals surface area contributed by atoms with E-state index in [0.29, 0.717) is 12.5 Å². The van der Waals surface area contributed by atoms with Gasteiger partial charge < -0.3 is 15.2 Å². The van der Waals surface area contributed by atoms with E-state index in [1.807, 2.05) is 12.1 Å². The van der Waals surface area contributed by atoms with Crippen molar-refractivity contribution < 1.29 is 9.84 Å². The smallest absolute Gasteiger partial charge is 0.119 e. The van der Waals surface area contributed by atoms with Gasteiger partial charge in [0, 0.05) is 0 Å². The molecule has 2 N–H and O–H groups in total. The molecule has 0 bridgehead atoms. The van der Waals surface area contributed by atoms with Crippen LogP contribution in [0.2, 0.25) is 0 Å². The van der Waals surface area contributed by atoms with Crippen LogP contribution in [-0.4, -0.2) is 31.4 Å². The largest absolute Gasteiger partial charge is 0.491 e. The summed E-state index contributed by atoms with van der Waals surface area (Å²) in [6, 6.07) is 8.27. The molecule has 1 aliphatic heterocycles. The van der Waals surface area contributed by atoms with E-state index in [-0.39, 0.29) is 6.61 Å². The van der Waals surface area contributed by atoms with Gasteiger partial charge in [0.2, 0.25) is 0 Å². The number of aliphatic hydroxyl groups excluding tert-OH is 1. The Balaban J connectivity index is 1.95. The Morgan fingerprint density at radius 1 is 1.19 bits per heavy atom. The Hall–Kier alpha value is -1.06. The number of aliphatic hydroxyl groups is 1. The molecule has 1 aromatic carbocycles. The van der Waals surface area contributed by atoms with Crippen molar-refractivity contribution in [3.05, 3.63) is 29.8 Å². The molecule has 0 atom stereocenters. The molecule has 0 amide bonds. The van der Waals surface area contributed by atoms with Crippen molar-refractivity contribution in [3.63, 3.8) is 0 Å². The summed E-state index contributed by atoms with van der Waals surface area (Å²) in [7, 11) is 0. The van der Waals surface area contributed by atoms with Crippen molar-refractivity contribution in [1.29, 1.82) is 0 Å². The molecular formula is C13H19NO2. The predicted octanol–water partition coefficient (Wildman–Crippen LogP) is 1.52. The highest BCUT2D eigenvalue weighted by atomic mass is 16.5. The number of hydrogen-bond acceptors (Lipinski definition) is 3. The zero-order valence-electron chi connectivity index (χ0n) is 9.48. The Morgan fingerprint density at radius 3 is 2.50 bits per heavy atom. The van der Waals surface area contributed by atoms with Gasteiger partial charge >= 0.3 is 0 Å². The van der Waals surface area contributed by atoms with Gasteiger partial charge in [-0.05, 0) is 49.5 Å². The van der Waals surface area contributed by atoms with Crippen LogP contribution >= 0.6 is 0 Å². The maximum absolute atomic E-state index is 8.65. The third kappa shape index (κ3) is 2.97. The fraction of sp³-hybridized carbons (Fsp3) is 0.538. The minimum absolute atomic E-state index is 0.0655. The molecule has 0 aromatic heterocycles. The van der Waals surface area contributed by atoms with Crippen LogP contribution in [-0.2, 0) is 0 Å². The topological polar surface area (TPSA) is 41.5 Å². The van der Waals surface area contributed by atoms with Gasteiger partial charge in [0.25, 0.3) is 0 Å². The van der Waals surface area contributed by atoms with E-state index in [1.165, 1.54) is 18.4 Å². The van der Waals surface area contributed by atoms with Crippen molar-refractivity contribution in [2.45, 2.75) is 18.8 Å². The van der Waals surface area contributed by atoms with E-state index in [4.69, 9.17) is 9.84 Å². The lowest BCUT2D eigenvalue weighted by Gasteiger charge is -2.23. The van der Waals surface area contributed by atoms with Gasteiger partial charge in [-0.1, -0.05) is 12.1 Å². The summed E-state index contributed by atoms with van der Waals surface area (Å²) < 4.78 is 5.34. The first-order valence-corrected chi connectivity index (χ1v) is 5.94. The van der Waals surface area contributed by atoms with Crippen molar-refractivity contribution in [2.24, 2.45) is 0 Å². The summed E-state index contributed by atoms with van der Waals surface area (Å²) in [6.07, 6.45) is 2.44. The van der Waals surface area contributed by atoms with Gasteiger partial charge in [-0.3, -0.25) is 0 Å². The molecule has 1 aromatic rings. The maximum Gasteiger partial charge on any atom is 0.119 e. The van der Waals surface area contributed by atoms with E-state index in [9.17, 15) is 0 Å². The zero-order chi connectivity index (χ0) is 11.2. The molecule has 2 rings (SSSR count). The molecule has 0 spiro atoms. The van der Waals surface area contributed by atoms with Crippen LogP contribution < -0.4 is 10.1 Å². The first kappa shape index (κ1) is 11.4. The van der Waals surface area contributed by atoms with Gasteiger partial charge in [-0.15, -0.1) is 0 Å². The number of nitrogens with one attached hydrogen (secondary N) is 1. The summed E-state index contributed by atoms with van der Waals surface area (Å²) >= 11 is 0. The summed E-state index contributed by atoms with van der Waals surface area (Å²) in [4.78, 5) is 0. The fourth-order valence-corrected chi connectivity index (χ4v) is 2.15. The van der Waals surface area contributed by atoms with E-state index in [2.05, 4.69) is 17.4 Å². The molecule has 0 radical (unpaired) electrons. The Labute approximate surface area is 96.4 Å². The SMILES string of the molecule is OCCOc1ccc(C2CCNCC2)cc1. The highest BCUT2D eigenvalue weighted by Crippen LogP contribution is 2.26. The molecule has 0 unspecified atom stereocenters. The molecular weight excluding hydrogens is 202 g/mol. The van der Waals surface area contributed by atoms with Crippen LogP contribution in [0.5, 0.6) is 5.75 Å². The lowest BCUT2D eigenvalue weighted by molar-refractivity contribution is 0.201. The first-order valence-electron chi connectivity index (χ1n) is 5.94. The number of hydrogen-bond donors (Lipinski definition) is 2. The number of benzene rings is 1. The monoisotopic (exact) mass is 221 g/mol. The summed E-state index contributed by atoms with van der Waals surface area (Å²) in [5.41, 5.74) is 1.40. The third-order valence-electron chi connectivity index (χ3n) is 3.05. The van der Waals surface area contributed by atoms with Crippen molar-refractivity contribution in [1.82, 2.24) is 5.32 Å². The fourth-order valence-electron chi connectivity index (χ4n) is 2.15. The summed E-state index contributed by atoms with van der Waals surface area (Å²) in [6.45, 7) is 2.67. The lowest BCUT2D eigenvalue weighted by Crippen LogP contribution is -2.26. The van der Waals surface area contributed by atoms with Crippen molar-refractivity contribution >= 4 is 0 Å². The van der Waals surface area contributed by atoms with Crippen LogP contribution in [0.1, 0.15) is 24.3 Å². The molecule has 0 aliphatic carbocycles.